The van der Waals surface area contributed by atoms with Gasteiger partial charge >= 0.3 is 0 Å². The summed E-state index contributed by atoms with van der Waals surface area (Å²) >= 11 is 1.73. The van der Waals surface area contributed by atoms with Crippen molar-refractivity contribution in [2.24, 2.45) is 0 Å². The molecule has 106 valence electrons. The highest BCUT2D eigenvalue weighted by Gasteiger charge is 2.12. The van der Waals surface area contributed by atoms with Crippen molar-refractivity contribution in [3.8, 4) is 0 Å². The molecule has 2 aromatic rings. The zero-order valence-electron chi connectivity index (χ0n) is 12.5. The van der Waals surface area contributed by atoms with E-state index in [4.69, 9.17) is 5.73 Å². The van der Waals surface area contributed by atoms with E-state index in [1.54, 1.807) is 17.8 Å². The Bertz CT molecular complexity index is 565. The third kappa shape index (κ3) is 3.97. The normalized spacial score (nSPS) is 11.6. The third-order valence-electron chi connectivity index (χ3n) is 3.01. The van der Waals surface area contributed by atoms with Gasteiger partial charge < -0.3 is 5.73 Å². The summed E-state index contributed by atoms with van der Waals surface area (Å²) in [5.41, 5.74) is 8.19. The van der Waals surface area contributed by atoms with E-state index in [1.165, 1.54) is 10.5 Å². The highest BCUT2D eigenvalue weighted by atomic mass is 32.2. The SMILES string of the molecule is Cc1cc(N)nc(CSc2ccc(C(C)(C)C)cc2)n1. The Labute approximate surface area is 125 Å². The molecule has 0 bridgehead atoms. The molecular weight excluding hydrogens is 266 g/mol. The number of aromatic nitrogens is 2. The molecule has 0 aliphatic carbocycles. The van der Waals surface area contributed by atoms with Crippen LogP contribution < -0.4 is 5.73 Å². The molecule has 0 radical (unpaired) electrons. The number of hydrogen-bond acceptors (Lipinski definition) is 4. The monoisotopic (exact) mass is 287 g/mol. The highest BCUT2D eigenvalue weighted by Crippen LogP contribution is 2.27. The van der Waals surface area contributed by atoms with Crippen LogP contribution in [0.2, 0.25) is 0 Å². The van der Waals surface area contributed by atoms with Gasteiger partial charge in [-0.1, -0.05) is 32.9 Å². The van der Waals surface area contributed by atoms with Gasteiger partial charge in [0.15, 0.2) is 0 Å². The fraction of sp³-hybridized carbons (Fsp3) is 0.375. The Balaban J connectivity index is 2.04. The van der Waals surface area contributed by atoms with E-state index in [9.17, 15) is 0 Å². The van der Waals surface area contributed by atoms with Gasteiger partial charge in [-0.05, 0) is 30.0 Å². The summed E-state index contributed by atoms with van der Waals surface area (Å²) in [4.78, 5) is 9.87. The van der Waals surface area contributed by atoms with Gasteiger partial charge in [0.05, 0.1) is 5.75 Å². The Kier molecular flexibility index (Phi) is 4.33. The first-order valence-corrected chi connectivity index (χ1v) is 7.66. The number of nitrogen functional groups attached to an aromatic ring is 1. The second kappa shape index (κ2) is 5.83. The van der Waals surface area contributed by atoms with Gasteiger partial charge in [0.1, 0.15) is 11.6 Å². The summed E-state index contributed by atoms with van der Waals surface area (Å²) < 4.78 is 0. The van der Waals surface area contributed by atoms with E-state index in [2.05, 4.69) is 55.0 Å². The van der Waals surface area contributed by atoms with Crippen LogP contribution in [0.4, 0.5) is 5.82 Å². The number of benzene rings is 1. The molecule has 0 spiro atoms. The Hall–Kier alpha value is -1.55. The molecule has 1 aromatic heterocycles. The second-order valence-corrected chi connectivity index (χ2v) is 6.96. The van der Waals surface area contributed by atoms with Crippen molar-refractivity contribution in [1.29, 1.82) is 0 Å². The van der Waals surface area contributed by atoms with Gasteiger partial charge in [-0.3, -0.25) is 0 Å². The minimum atomic E-state index is 0.192. The number of thioether (sulfide) groups is 1. The summed E-state index contributed by atoms with van der Waals surface area (Å²) in [6, 6.07) is 10.5. The number of aryl methyl sites for hydroxylation is 1. The number of anilines is 1. The third-order valence-corrected chi connectivity index (χ3v) is 4.02. The van der Waals surface area contributed by atoms with Gasteiger partial charge in [0.2, 0.25) is 0 Å². The van der Waals surface area contributed by atoms with E-state index in [-0.39, 0.29) is 5.41 Å². The summed E-state index contributed by atoms with van der Waals surface area (Å²) in [5.74, 6) is 2.06. The van der Waals surface area contributed by atoms with Crippen molar-refractivity contribution < 1.29 is 0 Å². The minimum absolute atomic E-state index is 0.192. The second-order valence-electron chi connectivity index (χ2n) is 5.91. The van der Waals surface area contributed by atoms with Crippen LogP contribution in [0.3, 0.4) is 0 Å². The standard InChI is InChI=1S/C16H21N3S/c1-11-9-14(17)19-15(18-11)10-20-13-7-5-12(6-8-13)16(2,3)4/h5-9H,10H2,1-4H3,(H2,17,18,19). The lowest BCUT2D eigenvalue weighted by Gasteiger charge is -2.19. The molecule has 2 rings (SSSR count). The maximum atomic E-state index is 5.74. The number of nitrogens with two attached hydrogens (primary N) is 1. The predicted molar refractivity (Wildman–Crippen MR) is 85.9 cm³/mol. The highest BCUT2D eigenvalue weighted by molar-refractivity contribution is 7.98. The average Bonchev–Trinajstić information content (AvgIpc) is 2.35. The molecule has 1 heterocycles. The van der Waals surface area contributed by atoms with Crippen LogP contribution in [0.5, 0.6) is 0 Å². The molecule has 20 heavy (non-hydrogen) atoms. The molecule has 3 nitrogen and oxygen atoms in total. The molecule has 1 aromatic carbocycles. The first-order chi connectivity index (χ1) is 9.34. The summed E-state index contributed by atoms with van der Waals surface area (Å²) in [7, 11) is 0. The number of hydrogen-bond donors (Lipinski definition) is 1. The van der Waals surface area contributed by atoms with Crippen LogP contribution >= 0.6 is 11.8 Å². The van der Waals surface area contributed by atoms with Gasteiger partial charge in [-0.25, -0.2) is 9.97 Å². The van der Waals surface area contributed by atoms with Crippen molar-refractivity contribution >= 4 is 17.6 Å². The van der Waals surface area contributed by atoms with E-state index in [1.807, 2.05) is 6.92 Å². The van der Waals surface area contributed by atoms with Gasteiger partial charge in [0.25, 0.3) is 0 Å². The van der Waals surface area contributed by atoms with Gasteiger partial charge in [-0.2, -0.15) is 0 Å². The van der Waals surface area contributed by atoms with Crippen molar-refractivity contribution in [3.63, 3.8) is 0 Å². The molecule has 0 saturated heterocycles. The molecule has 0 unspecified atom stereocenters. The summed E-state index contributed by atoms with van der Waals surface area (Å²) in [6.07, 6.45) is 0. The first-order valence-electron chi connectivity index (χ1n) is 6.68. The molecule has 0 fully saturated rings. The molecule has 0 aliphatic heterocycles. The molecule has 0 aliphatic rings. The number of rotatable bonds is 3. The smallest absolute Gasteiger partial charge is 0.141 e. The van der Waals surface area contributed by atoms with Gasteiger partial charge in [-0.15, -0.1) is 11.8 Å². The van der Waals surface area contributed by atoms with Crippen LogP contribution in [0.15, 0.2) is 35.2 Å². The minimum Gasteiger partial charge on any atom is -0.384 e. The lowest BCUT2D eigenvalue weighted by Crippen LogP contribution is -2.10. The van der Waals surface area contributed by atoms with E-state index < -0.39 is 0 Å². The van der Waals surface area contributed by atoms with E-state index in [0.29, 0.717) is 5.82 Å². The zero-order chi connectivity index (χ0) is 14.8. The van der Waals surface area contributed by atoms with Crippen LogP contribution in [0, 0.1) is 6.92 Å². The largest absolute Gasteiger partial charge is 0.384 e. The summed E-state index contributed by atoms with van der Waals surface area (Å²) in [5, 5.41) is 0. The fourth-order valence-corrected chi connectivity index (χ4v) is 2.67. The predicted octanol–water partition coefficient (Wildman–Crippen LogP) is 3.96. The average molecular weight is 287 g/mol. The van der Waals surface area contributed by atoms with Crippen molar-refractivity contribution in [3.05, 3.63) is 47.4 Å². The molecule has 2 N–H and O–H groups in total. The number of nitrogens with zero attached hydrogens (tertiary/aromatic N) is 2. The molecule has 0 atom stereocenters. The Morgan fingerprint density at radius 2 is 1.75 bits per heavy atom. The van der Waals surface area contributed by atoms with Crippen molar-refractivity contribution in [2.45, 2.75) is 43.8 Å². The zero-order valence-corrected chi connectivity index (χ0v) is 13.3. The van der Waals surface area contributed by atoms with Crippen LogP contribution in [-0.2, 0) is 11.2 Å². The maximum absolute atomic E-state index is 5.74. The lowest BCUT2D eigenvalue weighted by molar-refractivity contribution is 0.590. The van der Waals surface area contributed by atoms with Gasteiger partial charge in [0, 0.05) is 16.7 Å². The molecule has 0 amide bonds. The molecular formula is C16H21N3S. The molecule has 4 heteroatoms. The van der Waals surface area contributed by atoms with Crippen LogP contribution in [0.1, 0.15) is 37.9 Å². The lowest BCUT2D eigenvalue weighted by atomic mass is 9.87. The fourth-order valence-electron chi connectivity index (χ4n) is 1.92. The van der Waals surface area contributed by atoms with Crippen molar-refractivity contribution in [1.82, 2.24) is 9.97 Å². The quantitative estimate of drug-likeness (QED) is 0.868. The van der Waals surface area contributed by atoms with Crippen molar-refractivity contribution in [2.75, 3.05) is 5.73 Å². The van der Waals surface area contributed by atoms with Crippen LogP contribution in [0.25, 0.3) is 0 Å². The van der Waals surface area contributed by atoms with Crippen LogP contribution in [-0.4, -0.2) is 9.97 Å². The Morgan fingerprint density at radius 1 is 1.10 bits per heavy atom. The topological polar surface area (TPSA) is 51.8 Å². The molecule has 0 saturated carbocycles. The van der Waals surface area contributed by atoms with E-state index >= 15 is 0 Å². The van der Waals surface area contributed by atoms with E-state index in [0.717, 1.165) is 17.3 Å². The Morgan fingerprint density at radius 3 is 2.30 bits per heavy atom. The maximum Gasteiger partial charge on any atom is 0.141 e. The first kappa shape index (κ1) is 14.9. The summed E-state index contributed by atoms with van der Waals surface area (Å²) in [6.45, 7) is 8.60.